The first-order chi connectivity index (χ1) is 8.78. The van der Waals surface area contributed by atoms with Gasteiger partial charge in [-0.2, -0.15) is 0 Å². The molecule has 1 aromatic carbocycles. The molecular formula is C15H17N3. The molecule has 0 amide bonds. The van der Waals surface area contributed by atoms with Crippen molar-refractivity contribution in [3.8, 4) is 0 Å². The Balaban J connectivity index is 1.88. The van der Waals surface area contributed by atoms with Crippen molar-refractivity contribution in [2.24, 2.45) is 5.73 Å². The molecule has 0 aliphatic carbocycles. The van der Waals surface area contributed by atoms with E-state index in [2.05, 4.69) is 46.3 Å². The van der Waals surface area contributed by atoms with Crippen molar-refractivity contribution in [2.75, 3.05) is 4.90 Å². The fraction of sp³-hybridized carbons (Fsp3) is 0.267. The summed E-state index contributed by atoms with van der Waals surface area (Å²) in [6.45, 7) is 4.48. The van der Waals surface area contributed by atoms with Gasteiger partial charge in [0, 0.05) is 25.3 Å². The van der Waals surface area contributed by atoms with E-state index in [-0.39, 0.29) is 0 Å². The number of pyridine rings is 1. The summed E-state index contributed by atoms with van der Waals surface area (Å²) in [5.41, 5.74) is 10.6. The maximum absolute atomic E-state index is 5.67. The summed E-state index contributed by atoms with van der Waals surface area (Å²) in [6.07, 6.45) is 0. The minimum absolute atomic E-state index is 0.555. The van der Waals surface area contributed by atoms with Gasteiger partial charge < -0.3 is 10.6 Å². The van der Waals surface area contributed by atoms with E-state index in [9.17, 15) is 0 Å². The van der Waals surface area contributed by atoms with Gasteiger partial charge in [-0.1, -0.05) is 30.3 Å². The molecule has 2 aromatic rings. The van der Waals surface area contributed by atoms with Crippen LogP contribution in [0.25, 0.3) is 0 Å². The van der Waals surface area contributed by atoms with E-state index >= 15 is 0 Å². The number of anilines is 1. The number of fused-ring (bicyclic) bond motifs is 1. The predicted octanol–water partition coefficient (Wildman–Crippen LogP) is 2.37. The van der Waals surface area contributed by atoms with Crippen LogP contribution in [0.15, 0.2) is 36.4 Å². The lowest BCUT2D eigenvalue weighted by molar-refractivity contribution is 0.846. The van der Waals surface area contributed by atoms with Gasteiger partial charge in [0.1, 0.15) is 5.82 Å². The van der Waals surface area contributed by atoms with Gasteiger partial charge in [0.25, 0.3) is 0 Å². The lowest BCUT2D eigenvalue weighted by Crippen LogP contribution is -2.17. The van der Waals surface area contributed by atoms with Gasteiger partial charge in [-0.25, -0.2) is 4.98 Å². The van der Waals surface area contributed by atoms with E-state index < -0.39 is 0 Å². The molecule has 2 heterocycles. The van der Waals surface area contributed by atoms with Gasteiger partial charge in [-0.15, -0.1) is 0 Å². The minimum atomic E-state index is 0.555. The molecule has 0 fully saturated rings. The lowest BCUT2D eigenvalue weighted by atomic mass is 10.1. The van der Waals surface area contributed by atoms with E-state index in [0.29, 0.717) is 6.54 Å². The van der Waals surface area contributed by atoms with Crippen LogP contribution in [0.1, 0.15) is 22.4 Å². The Morgan fingerprint density at radius 2 is 1.78 bits per heavy atom. The van der Waals surface area contributed by atoms with Gasteiger partial charge in [-0.05, 0) is 29.7 Å². The Hall–Kier alpha value is -1.87. The summed E-state index contributed by atoms with van der Waals surface area (Å²) < 4.78 is 0. The number of nitrogens with zero attached hydrogens (tertiary/aromatic N) is 2. The zero-order valence-electron chi connectivity index (χ0n) is 10.6. The third-order valence-corrected chi connectivity index (χ3v) is 3.57. The molecule has 1 aliphatic rings. The predicted molar refractivity (Wildman–Crippen MR) is 73.2 cm³/mol. The monoisotopic (exact) mass is 239 g/mol. The molecule has 0 atom stereocenters. The third-order valence-electron chi connectivity index (χ3n) is 3.57. The fourth-order valence-electron chi connectivity index (χ4n) is 2.46. The highest BCUT2D eigenvalue weighted by Gasteiger charge is 2.19. The van der Waals surface area contributed by atoms with Crippen molar-refractivity contribution in [1.82, 2.24) is 4.98 Å². The first kappa shape index (κ1) is 11.2. The summed E-state index contributed by atoms with van der Waals surface area (Å²) >= 11 is 0. The van der Waals surface area contributed by atoms with E-state index in [1.165, 1.54) is 11.1 Å². The zero-order valence-corrected chi connectivity index (χ0v) is 10.6. The molecule has 1 aromatic heterocycles. The number of benzene rings is 1. The van der Waals surface area contributed by atoms with Crippen molar-refractivity contribution < 1.29 is 0 Å². The van der Waals surface area contributed by atoms with Crippen LogP contribution in [0.4, 0.5) is 5.82 Å². The van der Waals surface area contributed by atoms with Gasteiger partial charge >= 0.3 is 0 Å². The SMILES string of the molecule is Cc1nc(N2Cc3ccccc3C2)ccc1CN. The summed E-state index contributed by atoms with van der Waals surface area (Å²) in [7, 11) is 0. The molecule has 2 N–H and O–H groups in total. The molecule has 0 unspecified atom stereocenters. The van der Waals surface area contributed by atoms with Crippen molar-refractivity contribution >= 4 is 5.82 Å². The molecule has 0 saturated carbocycles. The van der Waals surface area contributed by atoms with E-state index in [4.69, 9.17) is 5.73 Å². The minimum Gasteiger partial charge on any atom is -0.348 e. The van der Waals surface area contributed by atoms with Crippen LogP contribution in [0, 0.1) is 6.92 Å². The number of aryl methyl sites for hydroxylation is 1. The Kier molecular flexibility index (Phi) is 2.76. The van der Waals surface area contributed by atoms with Crippen LogP contribution in [0.3, 0.4) is 0 Å². The van der Waals surface area contributed by atoms with Crippen LogP contribution in [0.5, 0.6) is 0 Å². The average molecular weight is 239 g/mol. The Morgan fingerprint density at radius 3 is 2.33 bits per heavy atom. The second kappa shape index (κ2) is 4.42. The van der Waals surface area contributed by atoms with Gasteiger partial charge in [-0.3, -0.25) is 0 Å². The molecule has 0 bridgehead atoms. The Labute approximate surface area is 107 Å². The third kappa shape index (κ3) is 1.87. The Morgan fingerprint density at radius 1 is 1.11 bits per heavy atom. The number of hydrogen-bond acceptors (Lipinski definition) is 3. The first-order valence-electron chi connectivity index (χ1n) is 6.26. The number of rotatable bonds is 2. The van der Waals surface area contributed by atoms with Crippen molar-refractivity contribution in [3.05, 3.63) is 58.8 Å². The highest BCUT2D eigenvalue weighted by atomic mass is 15.2. The molecule has 1 aliphatic heterocycles. The molecular weight excluding hydrogens is 222 g/mol. The van der Waals surface area contributed by atoms with Gasteiger partial charge in [0.2, 0.25) is 0 Å². The molecule has 0 radical (unpaired) electrons. The summed E-state index contributed by atoms with van der Waals surface area (Å²) in [5, 5.41) is 0. The second-order valence-electron chi connectivity index (χ2n) is 4.74. The zero-order chi connectivity index (χ0) is 12.5. The summed E-state index contributed by atoms with van der Waals surface area (Å²) in [4.78, 5) is 6.96. The number of nitrogens with two attached hydrogens (primary N) is 1. The topological polar surface area (TPSA) is 42.2 Å². The fourth-order valence-corrected chi connectivity index (χ4v) is 2.46. The van der Waals surface area contributed by atoms with Crippen LogP contribution in [0.2, 0.25) is 0 Å². The normalized spacial score (nSPS) is 13.8. The molecule has 3 nitrogen and oxygen atoms in total. The lowest BCUT2D eigenvalue weighted by Gasteiger charge is -2.17. The van der Waals surface area contributed by atoms with Crippen LogP contribution in [-0.2, 0) is 19.6 Å². The Bertz CT molecular complexity index is 553. The number of hydrogen-bond donors (Lipinski definition) is 1. The highest BCUT2D eigenvalue weighted by Crippen LogP contribution is 2.27. The average Bonchev–Trinajstić information content (AvgIpc) is 2.82. The van der Waals surface area contributed by atoms with E-state index in [1.54, 1.807) is 0 Å². The van der Waals surface area contributed by atoms with Gasteiger partial charge in [0.15, 0.2) is 0 Å². The van der Waals surface area contributed by atoms with E-state index in [0.717, 1.165) is 30.2 Å². The highest BCUT2D eigenvalue weighted by molar-refractivity contribution is 5.48. The summed E-state index contributed by atoms with van der Waals surface area (Å²) in [5.74, 6) is 1.04. The maximum Gasteiger partial charge on any atom is 0.129 e. The van der Waals surface area contributed by atoms with Crippen molar-refractivity contribution in [1.29, 1.82) is 0 Å². The molecule has 3 rings (SSSR count). The number of aromatic nitrogens is 1. The largest absolute Gasteiger partial charge is 0.348 e. The second-order valence-corrected chi connectivity index (χ2v) is 4.74. The standard InChI is InChI=1S/C15H17N3/c1-11-12(8-16)6-7-15(17-11)18-9-13-4-2-3-5-14(13)10-18/h2-7H,8-10,16H2,1H3. The molecule has 0 spiro atoms. The van der Waals surface area contributed by atoms with Crippen molar-refractivity contribution in [3.63, 3.8) is 0 Å². The first-order valence-corrected chi connectivity index (χ1v) is 6.26. The molecule has 92 valence electrons. The van der Waals surface area contributed by atoms with Crippen LogP contribution in [-0.4, -0.2) is 4.98 Å². The van der Waals surface area contributed by atoms with Crippen LogP contribution >= 0.6 is 0 Å². The van der Waals surface area contributed by atoms with Crippen molar-refractivity contribution in [2.45, 2.75) is 26.6 Å². The molecule has 3 heteroatoms. The quantitative estimate of drug-likeness (QED) is 0.874. The van der Waals surface area contributed by atoms with E-state index in [1.807, 2.05) is 6.92 Å². The molecule has 0 saturated heterocycles. The summed E-state index contributed by atoms with van der Waals surface area (Å²) in [6, 6.07) is 12.7. The maximum atomic E-state index is 5.67. The smallest absolute Gasteiger partial charge is 0.129 e. The van der Waals surface area contributed by atoms with Gasteiger partial charge in [0.05, 0.1) is 0 Å². The van der Waals surface area contributed by atoms with Crippen LogP contribution < -0.4 is 10.6 Å². The molecule has 18 heavy (non-hydrogen) atoms.